The van der Waals surface area contributed by atoms with Gasteiger partial charge in [0.25, 0.3) is 0 Å². The molecular formula is C28H23N2OS+. The number of nitrogens with zero attached hydrogens (tertiary/aromatic N) is 2. The van der Waals surface area contributed by atoms with Crippen molar-refractivity contribution in [3.63, 3.8) is 0 Å². The highest BCUT2D eigenvalue weighted by Gasteiger charge is 2.22. The third-order valence-corrected chi connectivity index (χ3v) is 6.80. The van der Waals surface area contributed by atoms with Crippen LogP contribution in [0.5, 0.6) is 0 Å². The lowest BCUT2D eigenvalue weighted by Gasteiger charge is -2.07. The van der Waals surface area contributed by atoms with Crippen molar-refractivity contribution in [3.05, 3.63) is 84.1 Å². The molecule has 2 heterocycles. The Bertz CT molecular complexity index is 1510. The lowest BCUT2D eigenvalue weighted by molar-refractivity contribution is -0.660. The van der Waals surface area contributed by atoms with Crippen LogP contribution in [0.2, 0.25) is 0 Å². The van der Waals surface area contributed by atoms with Gasteiger partial charge in [-0.15, -0.1) is 11.8 Å². The van der Waals surface area contributed by atoms with E-state index in [0.29, 0.717) is 5.56 Å². The number of fused-ring (bicyclic) bond motifs is 3. The highest BCUT2D eigenvalue weighted by atomic mass is 32.2. The van der Waals surface area contributed by atoms with Crippen LogP contribution < -0.4 is 4.57 Å². The molecule has 0 N–H and O–H groups in total. The first-order chi connectivity index (χ1) is 15.6. The van der Waals surface area contributed by atoms with Gasteiger partial charge in [-0.25, -0.2) is 4.57 Å². The molecule has 0 aliphatic carbocycles. The zero-order valence-corrected chi connectivity index (χ0v) is 19.2. The number of furan rings is 1. The van der Waals surface area contributed by atoms with Crippen LogP contribution in [0, 0.1) is 18.3 Å². The number of rotatable bonds is 4. The molecule has 3 aromatic carbocycles. The van der Waals surface area contributed by atoms with Crippen molar-refractivity contribution < 1.29 is 8.98 Å². The Morgan fingerprint density at radius 1 is 0.906 bits per heavy atom. The second kappa shape index (κ2) is 8.18. The normalized spacial score (nSPS) is 11.2. The molecule has 0 spiro atoms. The molecule has 3 nitrogen and oxygen atoms in total. The second-order valence-electron chi connectivity index (χ2n) is 7.87. The Labute approximate surface area is 191 Å². The van der Waals surface area contributed by atoms with Gasteiger partial charge in [-0.1, -0.05) is 31.2 Å². The number of hydrogen-bond donors (Lipinski definition) is 0. The first-order valence-electron chi connectivity index (χ1n) is 10.7. The Morgan fingerprint density at radius 2 is 1.62 bits per heavy atom. The summed E-state index contributed by atoms with van der Waals surface area (Å²) in [5.74, 6) is 1.03. The maximum atomic E-state index is 9.87. The van der Waals surface area contributed by atoms with E-state index in [1.165, 1.54) is 4.90 Å². The fraction of sp³-hybridized carbons (Fsp3) is 0.143. The maximum Gasteiger partial charge on any atom is 0.216 e. The molecule has 0 amide bonds. The molecule has 0 radical (unpaired) electrons. The van der Waals surface area contributed by atoms with Crippen LogP contribution in [-0.2, 0) is 7.05 Å². The third kappa shape index (κ3) is 3.26. The fourth-order valence-electron chi connectivity index (χ4n) is 4.37. The number of thioether (sulfide) groups is 1. The topological polar surface area (TPSA) is 40.8 Å². The summed E-state index contributed by atoms with van der Waals surface area (Å²) in [6.07, 6.45) is 2.05. The molecule has 0 unspecified atom stereocenters. The molecule has 2 aromatic heterocycles. The largest absolute Gasteiger partial charge is 0.454 e. The monoisotopic (exact) mass is 435 g/mol. The number of aromatic nitrogens is 1. The molecule has 0 atom stereocenters. The zero-order valence-electron chi connectivity index (χ0n) is 18.3. The minimum absolute atomic E-state index is 0.621. The van der Waals surface area contributed by atoms with Gasteiger partial charge in [-0.2, -0.15) is 5.26 Å². The smallest absolute Gasteiger partial charge is 0.216 e. The molecule has 5 rings (SSSR count). The van der Waals surface area contributed by atoms with Crippen LogP contribution in [0.15, 0.2) is 82.2 Å². The van der Waals surface area contributed by atoms with Gasteiger partial charge >= 0.3 is 0 Å². The molecule has 0 aliphatic heterocycles. The molecule has 0 aliphatic rings. The van der Waals surface area contributed by atoms with Gasteiger partial charge in [0, 0.05) is 33.4 Å². The van der Waals surface area contributed by atoms with E-state index in [1.807, 2.05) is 49.3 Å². The van der Waals surface area contributed by atoms with E-state index in [1.54, 1.807) is 0 Å². The first-order valence-corrected chi connectivity index (χ1v) is 11.7. The minimum Gasteiger partial charge on any atom is -0.454 e. The number of aryl methyl sites for hydroxylation is 2. The number of nitriles is 1. The van der Waals surface area contributed by atoms with Crippen molar-refractivity contribution in [2.45, 2.75) is 18.7 Å². The molecule has 5 aromatic rings. The molecule has 32 heavy (non-hydrogen) atoms. The van der Waals surface area contributed by atoms with E-state index in [-0.39, 0.29) is 0 Å². The van der Waals surface area contributed by atoms with Crippen LogP contribution in [0.25, 0.3) is 44.3 Å². The van der Waals surface area contributed by atoms with E-state index < -0.39 is 0 Å². The van der Waals surface area contributed by atoms with Crippen molar-refractivity contribution >= 4 is 33.7 Å². The van der Waals surface area contributed by atoms with E-state index in [0.717, 1.165) is 55.6 Å². The fourth-order valence-corrected chi connectivity index (χ4v) is 5.03. The van der Waals surface area contributed by atoms with Crippen LogP contribution in [0.4, 0.5) is 0 Å². The third-order valence-electron chi connectivity index (χ3n) is 5.90. The van der Waals surface area contributed by atoms with Gasteiger partial charge in [0.15, 0.2) is 6.20 Å². The summed E-state index contributed by atoms with van der Waals surface area (Å²) in [4.78, 5) is 1.22. The summed E-state index contributed by atoms with van der Waals surface area (Å²) in [5, 5.41) is 12.0. The maximum absolute atomic E-state index is 9.87. The van der Waals surface area contributed by atoms with Crippen LogP contribution in [-0.4, -0.2) is 5.75 Å². The van der Waals surface area contributed by atoms with Crippen molar-refractivity contribution in [2.75, 3.05) is 5.75 Å². The standard InChI is InChI=1S/C28H23N2OS/c1-4-32-21-12-9-19(10-13-21)26-20(17-29)11-15-23-22-14-8-18(2)25(27(22)31-28(23)26)24-7-5-6-16-30(24)3/h5-16H,4H2,1-3H3/q+1. The summed E-state index contributed by atoms with van der Waals surface area (Å²) in [5.41, 5.74) is 7.43. The van der Waals surface area contributed by atoms with E-state index in [2.05, 4.69) is 66.9 Å². The van der Waals surface area contributed by atoms with Gasteiger partial charge in [-0.3, -0.25) is 0 Å². The van der Waals surface area contributed by atoms with Crippen molar-refractivity contribution in [3.8, 4) is 28.5 Å². The number of pyridine rings is 1. The van der Waals surface area contributed by atoms with Crippen molar-refractivity contribution in [1.29, 1.82) is 5.26 Å². The van der Waals surface area contributed by atoms with Gasteiger partial charge in [0.05, 0.1) is 17.2 Å². The molecule has 4 heteroatoms. The summed E-state index contributed by atoms with van der Waals surface area (Å²) < 4.78 is 8.72. The first kappa shape index (κ1) is 20.4. The highest BCUT2D eigenvalue weighted by molar-refractivity contribution is 7.99. The Balaban J connectivity index is 1.83. The summed E-state index contributed by atoms with van der Waals surface area (Å²) >= 11 is 1.81. The Morgan fingerprint density at radius 3 is 2.31 bits per heavy atom. The summed E-state index contributed by atoms with van der Waals surface area (Å²) in [6, 6.07) is 25.1. The molecule has 156 valence electrons. The molecule has 0 fully saturated rings. The predicted octanol–water partition coefficient (Wildman–Crippen LogP) is 7.04. The Hall–Kier alpha value is -3.55. The lowest BCUT2D eigenvalue weighted by Crippen LogP contribution is -2.30. The second-order valence-corrected chi connectivity index (χ2v) is 9.20. The average molecular weight is 436 g/mol. The molecular weight excluding hydrogens is 412 g/mol. The van der Waals surface area contributed by atoms with Gasteiger partial charge in [0.2, 0.25) is 5.69 Å². The lowest BCUT2D eigenvalue weighted by atomic mass is 9.96. The Kier molecular flexibility index (Phi) is 5.20. The van der Waals surface area contributed by atoms with Crippen LogP contribution in [0.3, 0.4) is 0 Å². The average Bonchev–Trinajstić information content (AvgIpc) is 3.18. The van der Waals surface area contributed by atoms with E-state index in [4.69, 9.17) is 4.42 Å². The minimum atomic E-state index is 0.621. The number of benzene rings is 3. The molecule has 0 saturated heterocycles. The molecule has 0 saturated carbocycles. The van der Waals surface area contributed by atoms with Gasteiger partial charge < -0.3 is 4.42 Å². The number of hydrogen-bond acceptors (Lipinski definition) is 3. The molecule has 0 bridgehead atoms. The quantitative estimate of drug-likeness (QED) is 0.225. The van der Waals surface area contributed by atoms with E-state index >= 15 is 0 Å². The van der Waals surface area contributed by atoms with Gasteiger partial charge in [-0.05, 0) is 54.1 Å². The van der Waals surface area contributed by atoms with Crippen LogP contribution in [0.1, 0.15) is 18.1 Å². The predicted molar refractivity (Wildman–Crippen MR) is 132 cm³/mol. The van der Waals surface area contributed by atoms with Gasteiger partial charge in [0.1, 0.15) is 18.2 Å². The zero-order chi connectivity index (χ0) is 22.2. The summed E-state index contributed by atoms with van der Waals surface area (Å²) in [7, 11) is 2.05. The summed E-state index contributed by atoms with van der Waals surface area (Å²) in [6.45, 7) is 4.26. The van der Waals surface area contributed by atoms with Crippen molar-refractivity contribution in [2.24, 2.45) is 7.05 Å². The van der Waals surface area contributed by atoms with E-state index in [9.17, 15) is 5.26 Å². The van der Waals surface area contributed by atoms with Crippen molar-refractivity contribution in [1.82, 2.24) is 0 Å². The highest BCUT2D eigenvalue weighted by Crippen LogP contribution is 2.42. The van der Waals surface area contributed by atoms with Crippen LogP contribution >= 0.6 is 11.8 Å². The SMILES string of the molecule is CCSc1ccc(-c2c(C#N)ccc3c2oc2c(-c4cccc[n+]4C)c(C)ccc23)cc1.